The molecule has 194 valence electrons. The normalized spacial score (nSPS) is 23.2. The van der Waals surface area contributed by atoms with Gasteiger partial charge < -0.3 is 19.5 Å². The van der Waals surface area contributed by atoms with Gasteiger partial charge in [0.1, 0.15) is 17.6 Å². The van der Waals surface area contributed by atoms with Gasteiger partial charge in [-0.05, 0) is 54.8 Å². The van der Waals surface area contributed by atoms with Crippen LogP contribution >= 0.6 is 0 Å². The molecule has 0 bridgehead atoms. The van der Waals surface area contributed by atoms with Crippen molar-refractivity contribution in [3.05, 3.63) is 74.8 Å². The number of nitro groups is 1. The molecular formula is C27H29N3O7. The second kappa shape index (κ2) is 10.3. The zero-order chi connectivity index (χ0) is 26.1. The highest BCUT2D eigenvalue weighted by molar-refractivity contribution is 6.46. The first-order valence-electron chi connectivity index (χ1n) is 12.5. The molecule has 2 aromatic rings. The summed E-state index contributed by atoms with van der Waals surface area (Å²) >= 11 is 0. The summed E-state index contributed by atoms with van der Waals surface area (Å²) < 4.78 is 11.1. The van der Waals surface area contributed by atoms with Crippen molar-refractivity contribution in [2.24, 2.45) is 0 Å². The lowest BCUT2D eigenvalue weighted by Gasteiger charge is -2.29. The Morgan fingerprint density at radius 1 is 1.11 bits per heavy atom. The van der Waals surface area contributed by atoms with Crippen LogP contribution in [-0.4, -0.2) is 77.0 Å². The number of likely N-dealkylation sites (tertiary alicyclic amines) is 1. The first kappa shape index (κ1) is 24.9. The Balaban J connectivity index is 1.49. The highest BCUT2D eigenvalue weighted by Crippen LogP contribution is 2.41. The largest absolute Gasteiger partial charge is 0.507 e. The van der Waals surface area contributed by atoms with Gasteiger partial charge in [-0.1, -0.05) is 0 Å². The fourth-order valence-electron chi connectivity index (χ4n) is 5.25. The number of ether oxygens (including phenoxy) is 2. The van der Waals surface area contributed by atoms with Crippen LogP contribution in [0.2, 0.25) is 0 Å². The molecule has 2 atom stereocenters. The number of aliphatic hydroxyl groups is 1. The Kier molecular flexibility index (Phi) is 6.94. The second-order valence-electron chi connectivity index (χ2n) is 9.60. The number of non-ortho nitro benzene ring substituents is 1. The maximum atomic E-state index is 13.3. The molecule has 37 heavy (non-hydrogen) atoms. The number of amides is 1. The molecule has 2 unspecified atom stereocenters. The monoisotopic (exact) mass is 507 g/mol. The number of hydrogen-bond donors (Lipinski definition) is 1. The van der Waals surface area contributed by atoms with E-state index in [0.29, 0.717) is 43.7 Å². The molecule has 1 amide bonds. The van der Waals surface area contributed by atoms with E-state index < -0.39 is 22.7 Å². The first-order chi connectivity index (χ1) is 17.8. The maximum Gasteiger partial charge on any atom is 0.295 e. The number of Topliss-reactive ketones (excluding diaryl/α,β-unsaturated/α-hetero) is 1. The van der Waals surface area contributed by atoms with Crippen molar-refractivity contribution in [2.45, 2.75) is 31.9 Å². The zero-order valence-electron chi connectivity index (χ0n) is 20.6. The summed E-state index contributed by atoms with van der Waals surface area (Å²) in [7, 11) is 0. The summed E-state index contributed by atoms with van der Waals surface area (Å²) in [6, 6.07) is 10.1. The summed E-state index contributed by atoms with van der Waals surface area (Å²) in [4.78, 5) is 40.9. The Morgan fingerprint density at radius 3 is 2.54 bits per heavy atom. The molecule has 3 aliphatic rings. The highest BCUT2D eigenvalue weighted by Gasteiger charge is 2.46. The van der Waals surface area contributed by atoms with Crippen molar-refractivity contribution in [2.75, 3.05) is 39.4 Å². The molecule has 2 aromatic carbocycles. The average Bonchev–Trinajstić information content (AvgIpc) is 3.40. The van der Waals surface area contributed by atoms with Crippen LogP contribution in [0.3, 0.4) is 0 Å². The van der Waals surface area contributed by atoms with Gasteiger partial charge in [0.15, 0.2) is 0 Å². The molecule has 0 saturated carbocycles. The summed E-state index contributed by atoms with van der Waals surface area (Å²) in [5.41, 5.74) is 1.76. The van der Waals surface area contributed by atoms with Crippen molar-refractivity contribution in [1.82, 2.24) is 9.80 Å². The van der Waals surface area contributed by atoms with E-state index in [-0.39, 0.29) is 23.1 Å². The number of morpholine rings is 1. The van der Waals surface area contributed by atoms with E-state index >= 15 is 0 Å². The minimum atomic E-state index is -0.853. The number of fused-ring (bicyclic) bond motifs is 1. The Morgan fingerprint density at radius 2 is 1.84 bits per heavy atom. The molecule has 3 aliphatic heterocycles. The summed E-state index contributed by atoms with van der Waals surface area (Å²) in [6.07, 6.45) is 1.33. The number of nitrogens with zero attached hydrogens (tertiary/aromatic N) is 3. The molecule has 0 aromatic heterocycles. The SMILES string of the molecule is CC1Cc2cc(C(O)=C3C(=O)C(=O)N(CCCN4CCOCC4)C3c3ccc([N+](=O)[O-])cc3)ccc2O1. The predicted octanol–water partition coefficient (Wildman–Crippen LogP) is 3.06. The van der Waals surface area contributed by atoms with Crippen LogP contribution in [0.4, 0.5) is 5.69 Å². The number of hydrogen-bond acceptors (Lipinski definition) is 8. The Labute approximate surface area is 214 Å². The topological polar surface area (TPSA) is 122 Å². The molecular weight excluding hydrogens is 478 g/mol. The third kappa shape index (κ3) is 4.94. The molecule has 2 fully saturated rings. The van der Waals surface area contributed by atoms with E-state index in [0.717, 1.165) is 30.9 Å². The van der Waals surface area contributed by atoms with Gasteiger partial charge >= 0.3 is 0 Å². The van der Waals surface area contributed by atoms with Crippen LogP contribution in [0, 0.1) is 10.1 Å². The van der Waals surface area contributed by atoms with Gasteiger partial charge in [0.05, 0.1) is 29.8 Å². The van der Waals surface area contributed by atoms with E-state index in [1.165, 1.54) is 29.2 Å². The highest BCUT2D eigenvalue weighted by atomic mass is 16.6. The van der Waals surface area contributed by atoms with Crippen molar-refractivity contribution in [3.8, 4) is 5.75 Å². The fourth-order valence-corrected chi connectivity index (χ4v) is 5.25. The minimum absolute atomic E-state index is 0.0165. The zero-order valence-corrected chi connectivity index (χ0v) is 20.6. The fraction of sp³-hybridized carbons (Fsp3) is 0.407. The number of benzene rings is 2. The maximum absolute atomic E-state index is 13.3. The number of ketones is 1. The molecule has 10 heteroatoms. The smallest absolute Gasteiger partial charge is 0.295 e. The van der Waals surface area contributed by atoms with E-state index in [4.69, 9.17) is 9.47 Å². The third-order valence-electron chi connectivity index (χ3n) is 7.11. The first-order valence-corrected chi connectivity index (χ1v) is 12.5. The van der Waals surface area contributed by atoms with Crippen molar-refractivity contribution in [3.63, 3.8) is 0 Å². The van der Waals surface area contributed by atoms with Crippen molar-refractivity contribution < 1.29 is 29.1 Å². The van der Waals surface area contributed by atoms with E-state index in [1.54, 1.807) is 18.2 Å². The van der Waals surface area contributed by atoms with Crippen molar-refractivity contribution >= 4 is 23.1 Å². The van der Waals surface area contributed by atoms with Gasteiger partial charge in [0.2, 0.25) is 0 Å². The van der Waals surface area contributed by atoms with Crippen LogP contribution in [-0.2, 0) is 20.7 Å². The number of aliphatic hydroxyl groups excluding tert-OH is 1. The molecule has 0 radical (unpaired) electrons. The number of rotatable bonds is 7. The summed E-state index contributed by atoms with van der Waals surface area (Å²) in [6.45, 7) is 5.95. The lowest BCUT2D eigenvalue weighted by molar-refractivity contribution is -0.384. The standard InChI is InChI=1S/C27H29N3O7/c1-17-15-20-16-19(5-8-22(20)37-17)25(31)23-24(18-3-6-21(7-4-18)30(34)35)29(27(33)26(23)32)10-2-9-28-11-13-36-14-12-28/h3-8,16-17,24,31H,2,9-15H2,1H3. The average molecular weight is 508 g/mol. The number of carbonyl (C=O) groups is 2. The van der Waals surface area contributed by atoms with Crippen LogP contribution in [0.5, 0.6) is 5.75 Å². The van der Waals surface area contributed by atoms with Crippen LogP contribution < -0.4 is 4.74 Å². The minimum Gasteiger partial charge on any atom is -0.507 e. The molecule has 3 heterocycles. The van der Waals surface area contributed by atoms with Crippen LogP contribution in [0.25, 0.3) is 5.76 Å². The second-order valence-corrected chi connectivity index (χ2v) is 9.60. The molecule has 1 N–H and O–H groups in total. The van der Waals surface area contributed by atoms with Gasteiger partial charge in [0.25, 0.3) is 17.4 Å². The summed E-state index contributed by atoms with van der Waals surface area (Å²) in [5.74, 6) is -0.985. The molecule has 2 saturated heterocycles. The molecule has 10 nitrogen and oxygen atoms in total. The van der Waals surface area contributed by atoms with Gasteiger partial charge in [-0.3, -0.25) is 24.6 Å². The lowest BCUT2D eigenvalue weighted by atomic mass is 9.94. The van der Waals surface area contributed by atoms with Gasteiger partial charge in [-0.15, -0.1) is 0 Å². The molecule has 0 spiro atoms. The molecule has 0 aliphatic carbocycles. The quantitative estimate of drug-likeness (QED) is 0.200. The van der Waals surface area contributed by atoms with E-state index in [1.807, 2.05) is 6.92 Å². The van der Waals surface area contributed by atoms with Gasteiger partial charge in [-0.2, -0.15) is 0 Å². The number of carbonyl (C=O) groups excluding carboxylic acids is 2. The predicted molar refractivity (Wildman–Crippen MR) is 134 cm³/mol. The summed E-state index contributed by atoms with van der Waals surface area (Å²) in [5, 5.41) is 22.5. The Bertz CT molecular complexity index is 1250. The van der Waals surface area contributed by atoms with Crippen molar-refractivity contribution in [1.29, 1.82) is 0 Å². The van der Waals surface area contributed by atoms with E-state index in [2.05, 4.69) is 4.90 Å². The lowest BCUT2D eigenvalue weighted by Crippen LogP contribution is -2.38. The van der Waals surface area contributed by atoms with Crippen LogP contribution in [0.15, 0.2) is 48.0 Å². The van der Waals surface area contributed by atoms with E-state index in [9.17, 15) is 24.8 Å². The van der Waals surface area contributed by atoms with Gasteiger partial charge in [0, 0.05) is 50.3 Å². The van der Waals surface area contributed by atoms with Gasteiger partial charge in [-0.25, -0.2) is 0 Å². The molecule has 5 rings (SSSR count). The Hall–Kier alpha value is -3.76. The number of nitro benzene ring substituents is 1. The van der Waals surface area contributed by atoms with Crippen LogP contribution in [0.1, 0.15) is 36.1 Å². The third-order valence-corrected chi connectivity index (χ3v) is 7.11.